The summed E-state index contributed by atoms with van der Waals surface area (Å²) in [5.41, 5.74) is 1.09. The number of hydrogen-bond donors (Lipinski definition) is 1. The Bertz CT molecular complexity index is 146. The fraction of sp³-hybridized carbons (Fsp3) is 0.818. The molecule has 0 aliphatic rings. The highest BCUT2D eigenvalue weighted by Gasteiger charge is 1.96. The minimum Gasteiger partial charge on any atom is -0.385 e. The molecule has 0 rings (SSSR count). The van der Waals surface area contributed by atoms with Crippen LogP contribution in [0.2, 0.25) is 0 Å². The molecule has 0 spiro atoms. The van der Waals surface area contributed by atoms with Gasteiger partial charge in [-0.3, -0.25) is 0 Å². The third kappa shape index (κ3) is 9.71. The summed E-state index contributed by atoms with van der Waals surface area (Å²) in [6, 6.07) is 0.500. The van der Waals surface area contributed by atoms with Crippen molar-refractivity contribution < 1.29 is 9.47 Å². The van der Waals surface area contributed by atoms with E-state index in [2.05, 4.69) is 25.7 Å². The lowest BCUT2D eigenvalue weighted by atomic mass is 10.3. The SMILES string of the molecule is C=C(CNC(C)C)COCCCOC. The van der Waals surface area contributed by atoms with Gasteiger partial charge in [0.2, 0.25) is 0 Å². The Balaban J connectivity index is 3.18. The van der Waals surface area contributed by atoms with Crippen LogP contribution in [0, 0.1) is 0 Å². The molecule has 3 heteroatoms. The summed E-state index contributed by atoms with van der Waals surface area (Å²) in [7, 11) is 1.70. The van der Waals surface area contributed by atoms with Crippen LogP contribution in [0.25, 0.3) is 0 Å². The van der Waals surface area contributed by atoms with Crippen LogP contribution in [0.3, 0.4) is 0 Å². The van der Waals surface area contributed by atoms with E-state index in [0.29, 0.717) is 12.6 Å². The van der Waals surface area contributed by atoms with Gasteiger partial charge in [0.25, 0.3) is 0 Å². The first kappa shape index (κ1) is 13.6. The fourth-order valence-electron chi connectivity index (χ4n) is 0.921. The molecule has 0 unspecified atom stereocenters. The van der Waals surface area contributed by atoms with E-state index in [1.807, 2.05) is 0 Å². The zero-order chi connectivity index (χ0) is 10.8. The quantitative estimate of drug-likeness (QED) is 0.454. The molecule has 0 heterocycles. The molecule has 0 saturated carbocycles. The van der Waals surface area contributed by atoms with Gasteiger partial charge in [-0.25, -0.2) is 0 Å². The molecule has 14 heavy (non-hydrogen) atoms. The first-order valence-electron chi connectivity index (χ1n) is 5.13. The third-order valence-electron chi connectivity index (χ3n) is 1.70. The summed E-state index contributed by atoms with van der Waals surface area (Å²) < 4.78 is 10.3. The maximum Gasteiger partial charge on any atom is 0.0686 e. The first-order chi connectivity index (χ1) is 6.66. The van der Waals surface area contributed by atoms with E-state index in [1.165, 1.54) is 0 Å². The van der Waals surface area contributed by atoms with Crippen LogP contribution >= 0.6 is 0 Å². The van der Waals surface area contributed by atoms with Gasteiger partial charge in [0.1, 0.15) is 0 Å². The normalized spacial score (nSPS) is 10.9. The minimum absolute atomic E-state index is 0.500. The first-order valence-corrected chi connectivity index (χ1v) is 5.13. The number of methoxy groups -OCH3 is 1. The summed E-state index contributed by atoms with van der Waals surface area (Å²) >= 11 is 0. The smallest absolute Gasteiger partial charge is 0.0686 e. The number of ether oxygens (including phenoxy) is 2. The largest absolute Gasteiger partial charge is 0.385 e. The van der Waals surface area contributed by atoms with Crippen molar-refractivity contribution in [2.45, 2.75) is 26.3 Å². The average Bonchev–Trinajstić information content (AvgIpc) is 2.14. The molecule has 0 radical (unpaired) electrons. The predicted molar refractivity (Wildman–Crippen MR) is 59.6 cm³/mol. The van der Waals surface area contributed by atoms with Crippen LogP contribution in [0.15, 0.2) is 12.2 Å². The Labute approximate surface area is 87.5 Å². The molecule has 84 valence electrons. The van der Waals surface area contributed by atoms with Crippen molar-refractivity contribution in [3.8, 4) is 0 Å². The zero-order valence-corrected chi connectivity index (χ0v) is 9.64. The second kappa shape index (κ2) is 9.19. The van der Waals surface area contributed by atoms with Crippen LogP contribution in [0.5, 0.6) is 0 Å². The van der Waals surface area contributed by atoms with Crippen molar-refractivity contribution in [3.05, 3.63) is 12.2 Å². The molecule has 0 aromatic carbocycles. The molecular formula is C11H23NO2. The van der Waals surface area contributed by atoms with Crippen molar-refractivity contribution in [2.75, 3.05) is 33.5 Å². The lowest BCUT2D eigenvalue weighted by Gasteiger charge is -2.10. The highest BCUT2D eigenvalue weighted by atomic mass is 16.5. The Hall–Kier alpha value is -0.380. The summed E-state index contributed by atoms with van der Waals surface area (Å²) in [6.45, 7) is 11.1. The van der Waals surface area contributed by atoms with Gasteiger partial charge >= 0.3 is 0 Å². The fourth-order valence-corrected chi connectivity index (χ4v) is 0.921. The Morgan fingerprint density at radius 3 is 2.64 bits per heavy atom. The van der Waals surface area contributed by atoms with Crippen LogP contribution < -0.4 is 5.32 Å². The molecule has 3 nitrogen and oxygen atoms in total. The molecule has 0 aliphatic carbocycles. The highest BCUT2D eigenvalue weighted by molar-refractivity contribution is 4.97. The second-order valence-corrected chi connectivity index (χ2v) is 3.68. The van der Waals surface area contributed by atoms with Crippen molar-refractivity contribution in [3.63, 3.8) is 0 Å². The van der Waals surface area contributed by atoms with Gasteiger partial charge in [-0.05, 0) is 12.0 Å². The lowest BCUT2D eigenvalue weighted by molar-refractivity contribution is 0.116. The molecule has 0 aromatic heterocycles. The minimum atomic E-state index is 0.500. The van der Waals surface area contributed by atoms with Crippen molar-refractivity contribution in [1.82, 2.24) is 5.32 Å². The van der Waals surface area contributed by atoms with Gasteiger partial charge in [-0.1, -0.05) is 20.4 Å². The Kier molecular flexibility index (Phi) is 8.94. The lowest BCUT2D eigenvalue weighted by Crippen LogP contribution is -2.26. The summed E-state index contributed by atoms with van der Waals surface area (Å²) in [5, 5.41) is 3.29. The predicted octanol–water partition coefficient (Wildman–Crippen LogP) is 1.59. The zero-order valence-electron chi connectivity index (χ0n) is 9.64. The van der Waals surface area contributed by atoms with Gasteiger partial charge in [0.05, 0.1) is 6.61 Å². The molecule has 0 saturated heterocycles. The van der Waals surface area contributed by atoms with E-state index in [4.69, 9.17) is 9.47 Å². The molecule has 0 atom stereocenters. The Morgan fingerprint density at radius 2 is 2.07 bits per heavy atom. The van der Waals surface area contributed by atoms with Crippen molar-refractivity contribution >= 4 is 0 Å². The third-order valence-corrected chi connectivity index (χ3v) is 1.70. The van der Waals surface area contributed by atoms with E-state index in [1.54, 1.807) is 7.11 Å². The molecule has 0 amide bonds. The van der Waals surface area contributed by atoms with E-state index < -0.39 is 0 Å². The van der Waals surface area contributed by atoms with Gasteiger partial charge in [0, 0.05) is 32.9 Å². The number of nitrogens with one attached hydrogen (secondary N) is 1. The molecular weight excluding hydrogens is 178 g/mol. The Morgan fingerprint density at radius 1 is 1.36 bits per heavy atom. The van der Waals surface area contributed by atoms with Crippen molar-refractivity contribution in [2.24, 2.45) is 0 Å². The van der Waals surface area contributed by atoms with Gasteiger partial charge in [-0.15, -0.1) is 0 Å². The van der Waals surface area contributed by atoms with E-state index in [-0.39, 0.29) is 0 Å². The topological polar surface area (TPSA) is 30.5 Å². The number of hydrogen-bond acceptors (Lipinski definition) is 3. The van der Waals surface area contributed by atoms with E-state index >= 15 is 0 Å². The van der Waals surface area contributed by atoms with Crippen LogP contribution in [0.4, 0.5) is 0 Å². The van der Waals surface area contributed by atoms with Crippen LogP contribution in [-0.2, 0) is 9.47 Å². The van der Waals surface area contributed by atoms with Gasteiger partial charge < -0.3 is 14.8 Å². The standard InChI is InChI=1S/C11H23NO2/c1-10(2)12-8-11(3)9-14-7-5-6-13-4/h10,12H,3,5-9H2,1-2,4H3. The highest BCUT2D eigenvalue weighted by Crippen LogP contribution is 1.92. The summed E-state index contributed by atoms with van der Waals surface area (Å²) in [5.74, 6) is 0. The summed E-state index contributed by atoms with van der Waals surface area (Å²) in [6.07, 6.45) is 0.946. The van der Waals surface area contributed by atoms with Gasteiger partial charge in [-0.2, -0.15) is 0 Å². The van der Waals surface area contributed by atoms with Crippen LogP contribution in [0.1, 0.15) is 20.3 Å². The second-order valence-electron chi connectivity index (χ2n) is 3.68. The van der Waals surface area contributed by atoms with E-state index in [0.717, 1.165) is 31.8 Å². The van der Waals surface area contributed by atoms with Crippen LogP contribution in [-0.4, -0.2) is 39.5 Å². The molecule has 0 bridgehead atoms. The monoisotopic (exact) mass is 201 g/mol. The molecule has 0 aromatic rings. The van der Waals surface area contributed by atoms with Crippen molar-refractivity contribution in [1.29, 1.82) is 0 Å². The summed E-state index contributed by atoms with van der Waals surface area (Å²) in [4.78, 5) is 0. The average molecular weight is 201 g/mol. The molecule has 0 fully saturated rings. The van der Waals surface area contributed by atoms with E-state index in [9.17, 15) is 0 Å². The molecule has 1 N–H and O–H groups in total. The maximum absolute atomic E-state index is 5.41. The van der Waals surface area contributed by atoms with Gasteiger partial charge in [0.15, 0.2) is 0 Å². The number of rotatable bonds is 9. The maximum atomic E-state index is 5.41. The molecule has 0 aliphatic heterocycles.